The molecule has 0 saturated heterocycles. The van der Waals surface area contributed by atoms with E-state index in [4.69, 9.17) is 31.9 Å². The van der Waals surface area contributed by atoms with E-state index in [0.29, 0.717) is 0 Å². The molecule has 10 N–H and O–H groups in total. The van der Waals surface area contributed by atoms with Crippen LogP contribution in [0.3, 0.4) is 0 Å². The van der Waals surface area contributed by atoms with Crippen molar-refractivity contribution in [3.05, 3.63) is 0 Å². The van der Waals surface area contributed by atoms with E-state index in [-0.39, 0.29) is 75.0 Å². The number of hydrogen-bond donors (Lipinski definition) is 10. The van der Waals surface area contributed by atoms with Gasteiger partial charge in [-0.2, -0.15) is 0 Å². The van der Waals surface area contributed by atoms with E-state index in [2.05, 4.69) is 30.7 Å². The van der Waals surface area contributed by atoms with Crippen molar-refractivity contribution in [2.24, 2.45) is 0 Å². The van der Waals surface area contributed by atoms with E-state index in [1.807, 2.05) is 0 Å². The van der Waals surface area contributed by atoms with Gasteiger partial charge in [0.05, 0.1) is 14.2 Å². The fraction of sp³-hybridized carbons (Fsp3) is 0.600. The fourth-order valence-corrected chi connectivity index (χ4v) is 0.454. The second kappa shape index (κ2) is 38.4. The molecule has 0 aliphatic heterocycles. The van der Waals surface area contributed by atoms with Crippen LogP contribution in [0.25, 0.3) is 0 Å². The van der Waals surface area contributed by atoms with Crippen molar-refractivity contribution in [1.82, 2.24) is 21.3 Å². The number of ether oxygens (including phenoxy) is 2. The minimum Gasteiger partial charge on any atom is -1.00 e. The van der Waals surface area contributed by atoms with Crippen LogP contribution in [0, 0.1) is 21.6 Å². The summed E-state index contributed by atoms with van der Waals surface area (Å²) in [6.07, 6.45) is 0. The molecule has 25 heavy (non-hydrogen) atoms. The minimum atomic E-state index is -0.144. The first-order valence-corrected chi connectivity index (χ1v) is 5.62. The van der Waals surface area contributed by atoms with Gasteiger partial charge in [0, 0.05) is 28.3 Å². The molecule has 157 valence electrons. The quantitative estimate of drug-likeness (QED) is 0.0800. The van der Waals surface area contributed by atoms with Gasteiger partial charge in [-0.25, -0.2) is 0 Å². The van der Waals surface area contributed by atoms with Gasteiger partial charge in [0.15, 0.2) is 11.9 Å². The van der Waals surface area contributed by atoms with Crippen LogP contribution < -0.4 is 55.2 Å². The maximum Gasteiger partial charge on any atom is 2.00 e. The molecule has 1 radical (unpaired) electrons. The Kier molecular flexibility index (Phi) is 67.5. The Morgan fingerprint density at radius 2 is 0.880 bits per heavy atom. The molecule has 0 atom stereocenters. The predicted molar refractivity (Wildman–Crippen MR) is 85.6 cm³/mol. The van der Waals surface area contributed by atoms with Gasteiger partial charge in [0.1, 0.15) is 0 Å². The summed E-state index contributed by atoms with van der Waals surface area (Å²) in [5.74, 6) is 0.0868. The second-order valence-electron chi connectivity index (χ2n) is 2.57. The SMILES string of the molecule is CNC(=N)NC(=N)OC.CNC(=N)NC(=N)OC.CO.CO.[Br-].[Br-].[Cu+2]. The van der Waals surface area contributed by atoms with Gasteiger partial charge in [-0.1, -0.05) is 0 Å². The average molecular weight is 548 g/mol. The number of aliphatic hydroxyl groups is 2. The van der Waals surface area contributed by atoms with Crippen LogP contribution in [0.15, 0.2) is 0 Å². The zero-order valence-corrected chi connectivity index (χ0v) is 18.9. The van der Waals surface area contributed by atoms with Gasteiger partial charge < -0.3 is 64.3 Å². The molecule has 0 aliphatic carbocycles. The Bertz CT molecular complexity index is 269. The summed E-state index contributed by atoms with van der Waals surface area (Å²) in [6.45, 7) is 0. The summed E-state index contributed by atoms with van der Waals surface area (Å²) < 4.78 is 8.83. The molecule has 12 nitrogen and oxygen atoms in total. The van der Waals surface area contributed by atoms with E-state index in [9.17, 15) is 0 Å². The first-order valence-electron chi connectivity index (χ1n) is 5.62. The van der Waals surface area contributed by atoms with Crippen LogP contribution in [0.5, 0.6) is 0 Å². The van der Waals surface area contributed by atoms with E-state index >= 15 is 0 Å². The topological polar surface area (TPSA) is 202 Å². The molecular weight excluding hydrogens is 520 g/mol. The van der Waals surface area contributed by atoms with Crippen LogP contribution >= 0.6 is 0 Å². The molecule has 0 unspecified atom stereocenters. The van der Waals surface area contributed by atoms with Crippen LogP contribution in [0.2, 0.25) is 0 Å². The van der Waals surface area contributed by atoms with Crippen molar-refractivity contribution >= 4 is 24.0 Å². The molecule has 0 amide bonds. The number of guanidine groups is 2. The number of aliphatic hydroxyl groups excluding tert-OH is 2. The van der Waals surface area contributed by atoms with Crippen LogP contribution in [-0.4, -0.2) is 76.7 Å². The maximum absolute atomic E-state index is 7.00. The molecule has 0 aromatic rings. The second-order valence-corrected chi connectivity index (χ2v) is 2.57. The zero-order valence-electron chi connectivity index (χ0n) is 14.8. The summed E-state index contributed by atoms with van der Waals surface area (Å²) in [6, 6.07) is -0.288. The number of rotatable bonds is 0. The molecule has 0 aromatic heterocycles. The summed E-state index contributed by atoms with van der Waals surface area (Å²) >= 11 is 0. The number of methoxy groups -OCH3 is 2. The van der Waals surface area contributed by atoms with E-state index < -0.39 is 0 Å². The molecule has 15 heteroatoms. The molecule has 0 aliphatic rings. The van der Waals surface area contributed by atoms with Crippen molar-refractivity contribution in [1.29, 1.82) is 21.6 Å². The first-order chi connectivity index (χ1) is 10.4. The monoisotopic (exact) mass is 545 g/mol. The zero-order chi connectivity index (χ0) is 18.6. The van der Waals surface area contributed by atoms with E-state index in [0.717, 1.165) is 14.2 Å². The summed E-state index contributed by atoms with van der Waals surface area (Å²) in [5.41, 5.74) is 0. The maximum atomic E-state index is 7.00. The molecule has 0 bridgehead atoms. The van der Waals surface area contributed by atoms with E-state index in [1.54, 1.807) is 14.1 Å². The van der Waals surface area contributed by atoms with Gasteiger partial charge in [-0.15, -0.1) is 0 Å². The third-order valence-electron chi connectivity index (χ3n) is 1.39. The van der Waals surface area contributed by atoms with Crippen LogP contribution in [0.1, 0.15) is 0 Å². The molecule has 0 rings (SSSR count). The van der Waals surface area contributed by atoms with E-state index in [1.165, 1.54) is 14.2 Å². The van der Waals surface area contributed by atoms with Gasteiger partial charge >= 0.3 is 17.1 Å². The van der Waals surface area contributed by atoms with Crippen molar-refractivity contribution in [2.45, 2.75) is 0 Å². The average Bonchev–Trinajstić information content (AvgIpc) is 2.58. The largest absolute Gasteiger partial charge is 2.00 e. The molecule has 0 spiro atoms. The fourth-order valence-electron chi connectivity index (χ4n) is 0.454. The minimum absolute atomic E-state index is 0. The number of hydrogen-bond acceptors (Lipinski definition) is 8. The van der Waals surface area contributed by atoms with Crippen LogP contribution in [0.4, 0.5) is 0 Å². The van der Waals surface area contributed by atoms with Crippen molar-refractivity contribution in [3.8, 4) is 0 Å². The standard InChI is InChI=1S/2C4H10N4O.2CH4O.2BrH.Cu/c2*1-7-3(5)8-4(6)9-2;2*1-2;;;/h2*1-2H3,(H4,5,6,7,8);2*2H,1H3;2*1H;/q;;;;;;+2/p-2. The number of nitrogens with one attached hydrogen (secondary N) is 8. The van der Waals surface area contributed by atoms with Gasteiger partial charge in [0.25, 0.3) is 12.0 Å². The Hall–Kier alpha value is -1.12. The molecule has 0 heterocycles. The number of amidine groups is 2. The third kappa shape index (κ3) is 45.1. The smallest absolute Gasteiger partial charge is 1.00 e. The van der Waals surface area contributed by atoms with Gasteiger partial charge in [-0.05, 0) is 0 Å². The Morgan fingerprint density at radius 1 is 0.680 bits per heavy atom. The van der Waals surface area contributed by atoms with Gasteiger partial charge in [-0.3, -0.25) is 32.3 Å². The van der Waals surface area contributed by atoms with Crippen molar-refractivity contribution < 1.29 is 70.7 Å². The first kappa shape index (κ1) is 43.9. The Morgan fingerprint density at radius 3 is 1.00 bits per heavy atom. The molecular formula is C10H28Br2CuN8O4. The molecule has 0 fully saturated rings. The Labute approximate surface area is 179 Å². The molecule has 0 aromatic carbocycles. The van der Waals surface area contributed by atoms with Gasteiger partial charge in [0.2, 0.25) is 0 Å². The summed E-state index contributed by atoms with van der Waals surface area (Å²) in [4.78, 5) is 0. The van der Waals surface area contributed by atoms with Crippen molar-refractivity contribution in [3.63, 3.8) is 0 Å². The summed E-state index contributed by atoms with van der Waals surface area (Å²) in [5, 5.41) is 51.2. The van der Waals surface area contributed by atoms with Crippen molar-refractivity contribution in [2.75, 3.05) is 42.5 Å². The Balaban J connectivity index is -0.0000000391. The normalized spacial score (nSPS) is 6.08. The molecule has 0 saturated carbocycles. The predicted octanol–water partition coefficient (Wildman–Crippen LogP) is -8.15. The summed E-state index contributed by atoms with van der Waals surface area (Å²) in [7, 11) is 7.88. The van der Waals surface area contributed by atoms with Crippen LogP contribution in [-0.2, 0) is 26.5 Å². The number of halogens is 2. The third-order valence-corrected chi connectivity index (χ3v) is 1.39.